The average molecular weight is 315 g/mol. The second-order valence-electron chi connectivity index (χ2n) is 4.84. The molecule has 0 spiro atoms. The van der Waals surface area contributed by atoms with Crippen molar-refractivity contribution in [3.05, 3.63) is 65.2 Å². The van der Waals surface area contributed by atoms with E-state index >= 15 is 0 Å². The number of methoxy groups -OCH3 is 1. The average Bonchev–Trinajstić information content (AvgIpc) is 2.54. The fourth-order valence-electron chi connectivity index (χ4n) is 2.01. The highest BCUT2D eigenvalue weighted by molar-refractivity contribution is 5.91. The first-order chi connectivity index (χ1) is 11.1. The molecule has 0 aromatic heterocycles. The zero-order valence-corrected chi connectivity index (χ0v) is 12.6. The molecule has 0 saturated heterocycles. The summed E-state index contributed by atoms with van der Waals surface area (Å²) in [4.78, 5) is 22.9. The summed E-state index contributed by atoms with van der Waals surface area (Å²) in [6, 6.07) is 13.8. The molecule has 0 fully saturated rings. The van der Waals surface area contributed by atoms with Gasteiger partial charge in [-0.3, -0.25) is 5.32 Å². The van der Waals surface area contributed by atoms with Crippen molar-refractivity contribution in [3.63, 3.8) is 0 Å². The Morgan fingerprint density at radius 3 is 2.43 bits per heavy atom. The predicted molar refractivity (Wildman–Crippen MR) is 84.4 cm³/mol. The highest BCUT2D eigenvalue weighted by atomic mass is 16.5. The van der Waals surface area contributed by atoms with Crippen molar-refractivity contribution < 1.29 is 24.2 Å². The summed E-state index contributed by atoms with van der Waals surface area (Å²) in [7, 11) is 1.51. The first kappa shape index (κ1) is 16.5. The van der Waals surface area contributed by atoms with Gasteiger partial charge in [0.05, 0.1) is 12.2 Å². The van der Waals surface area contributed by atoms with Crippen LogP contribution in [0.1, 0.15) is 21.5 Å². The van der Waals surface area contributed by atoms with Gasteiger partial charge < -0.3 is 14.6 Å². The molecule has 2 rings (SSSR count). The van der Waals surface area contributed by atoms with Gasteiger partial charge in [0.2, 0.25) is 0 Å². The number of carboxylic acid groups (broad SMARTS) is 1. The summed E-state index contributed by atoms with van der Waals surface area (Å²) < 4.78 is 10.1. The molecule has 0 atom stereocenters. The predicted octanol–water partition coefficient (Wildman–Crippen LogP) is 3.28. The third-order valence-corrected chi connectivity index (χ3v) is 3.01. The molecule has 0 aliphatic rings. The topological polar surface area (TPSA) is 84.9 Å². The number of carbonyl (C=O) groups excluding carboxylic acids is 1. The van der Waals surface area contributed by atoms with Gasteiger partial charge in [0.25, 0.3) is 0 Å². The van der Waals surface area contributed by atoms with Crippen LogP contribution in [-0.2, 0) is 22.7 Å². The highest BCUT2D eigenvalue weighted by Gasteiger charge is 2.10. The van der Waals surface area contributed by atoms with Gasteiger partial charge in [-0.25, -0.2) is 9.59 Å². The second kappa shape index (κ2) is 7.95. The van der Waals surface area contributed by atoms with Crippen molar-refractivity contribution in [2.45, 2.75) is 13.2 Å². The van der Waals surface area contributed by atoms with E-state index in [9.17, 15) is 9.59 Å². The first-order valence-corrected chi connectivity index (χ1v) is 6.92. The molecule has 23 heavy (non-hydrogen) atoms. The van der Waals surface area contributed by atoms with Crippen LogP contribution in [0, 0.1) is 0 Å². The van der Waals surface area contributed by atoms with Crippen molar-refractivity contribution in [2.24, 2.45) is 0 Å². The van der Waals surface area contributed by atoms with E-state index in [2.05, 4.69) is 5.32 Å². The Labute approximate surface area is 133 Å². The van der Waals surface area contributed by atoms with E-state index in [1.165, 1.54) is 19.2 Å². The molecule has 1 amide bonds. The molecule has 0 saturated carbocycles. The molecular weight excluding hydrogens is 298 g/mol. The summed E-state index contributed by atoms with van der Waals surface area (Å²) in [6.07, 6.45) is -0.653. The lowest BCUT2D eigenvalue weighted by molar-refractivity contribution is 0.0696. The zero-order chi connectivity index (χ0) is 16.7. The smallest absolute Gasteiger partial charge is 0.411 e. The molecule has 6 heteroatoms. The lowest BCUT2D eigenvalue weighted by Gasteiger charge is -2.10. The van der Waals surface area contributed by atoms with E-state index in [0.29, 0.717) is 11.3 Å². The van der Waals surface area contributed by atoms with Crippen LogP contribution in [0.5, 0.6) is 0 Å². The summed E-state index contributed by atoms with van der Waals surface area (Å²) >= 11 is 0. The van der Waals surface area contributed by atoms with Gasteiger partial charge in [0, 0.05) is 12.8 Å². The lowest BCUT2D eigenvalue weighted by Crippen LogP contribution is -2.14. The Morgan fingerprint density at radius 1 is 1.04 bits per heavy atom. The quantitative estimate of drug-likeness (QED) is 0.854. The van der Waals surface area contributed by atoms with Crippen LogP contribution in [0.3, 0.4) is 0 Å². The summed E-state index contributed by atoms with van der Waals surface area (Å²) in [5.74, 6) is -1.08. The number of amides is 1. The zero-order valence-electron chi connectivity index (χ0n) is 12.6. The van der Waals surface area contributed by atoms with Crippen LogP contribution in [0.25, 0.3) is 0 Å². The molecule has 6 nitrogen and oxygen atoms in total. The fraction of sp³-hybridized carbons (Fsp3) is 0.176. The number of hydrogen-bond donors (Lipinski definition) is 2. The van der Waals surface area contributed by atoms with E-state index in [-0.39, 0.29) is 18.8 Å². The highest BCUT2D eigenvalue weighted by Crippen LogP contribution is 2.16. The number of ether oxygens (including phenoxy) is 2. The molecule has 2 aromatic rings. The van der Waals surface area contributed by atoms with Gasteiger partial charge >= 0.3 is 12.1 Å². The number of benzene rings is 2. The third kappa shape index (κ3) is 5.12. The molecule has 0 aliphatic heterocycles. The molecule has 0 bridgehead atoms. The number of anilines is 1. The SMILES string of the molecule is COCc1cc(NC(=O)OCc2ccccc2)cc(C(=O)O)c1. The molecule has 2 aromatic carbocycles. The van der Waals surface area contributed by atoms with Gasteiger partial charge in [-0.15, -0.1) is 0 Å². The number of hydrogen-bond acceptors (Lipinski definition) is 4. The first-order valence-electron chi connectivity index (χ1n) is 6.92. The lowest BCUT2D eigenvalue weighted by atomic mass is 10.1. The molecule has 0 radical (unpaired) electrons. The second-order valence-corrected chi connectivity index (χ2v) is 4.84. The number of rotatable bonds is 6. The maximum absolute atomic E-state index is 11.8. The van der Waals surface area contributed by atoms with Crippen molar-refractivity contribution in [3.8, 4) is 0 Å². The molecule has 0 heterocycles. The largest absolute Gasteiger partial charge is 0.478 e. The summed E-state index contributed by atoms with van der Waals surface area (Å²) in [5.41, 5.74) is 1.92. The molecular formula is C17H17NO5. The fourth-order valence-corrected chi connectivity index (χ4v) is 2.01. The molecule has 120 valence electrons. The van der Waals surface area contributed by atoms with E-state index < -0.39 is 12.1 Å². The molecule has 0 unspecified atom stereocenters. The Bertz CT molecular complexity index is 685. The van der Waals surface area contributed by atoms with Gasteiger partial charge in [0.1, 0.15) is 6.61 Å². The van der Waals surface area contributed by atoms with Crippen LogP contribution in [0.2, 0.25) is 0 Å². The number of carboxylic acids is 1. The van der Waals surface area contributed by atoms with E-state index in [4.69, 9.17) is 14.6 Å². The Hall–Kier alpha value is -2.86. The Balaban J connectivity index is 2.03. The van der Waals surface area contributed by atoms with Gasteiger partial charge in [-0.1, -0.05) is 30.3 Å². The minimum atomic E-state index is -1.08. The van der Waals surface area contributed by atoms with Gasteiger partial charge in [-0.2, -0.15) is 0 Å². The number of aromatic carboxylic acids is 1. The normalized spacial score (nSPS) is 10.1. The molecule has 0 aliphatic carbocycles. The van der Waals surface area contributed by atoms with Crippen LogP contribution in [0.4, 0.5) is 10.5 Å². The van der Waals surface area contributed by atoms with Crippen molar-refractivity contribution in [1.82, 2.24) is 0 Å². The molecule has 2 N–H and O–H groups in total. The minimum absolute atomic E-state index is 0.0675. The van der Waals surface area contributed by atoms with Crippen LogP contribution < -0.4 is 5.32 Å². The third-order valence-electron chi connectivity index (χ3n) is 3.01. The van der Waals surface area contributed by atoms with Gasteiger partial charge in [0.15, 0.2) is 0 Å². The minimum Gasteiger partial charge on any atom is -0.478 e. The standard InChI is InChI=1S/C17H17NO5/c1-22-10-13-7-14(16(19)20)9-15(8-13)18-17(21)23-11-12-5-3-2-4-6-12/h2-9H,10-11H2,1H3,(H,18,21)(H,19,20). The Morgan fingerprint density at radius 2 is 1.78 bits per heavy atom. The van der Waals surface area contributed by atoms with Crippen LogP contribution in [0.15, 0.2) is 48.5 Å². The summed E-state index contributed by atoms with van der Waals surface area (Å²) in [6.45, 7) is 0.380. The number of carbonyl (C=O) groups is 2. The number of nitrogens with one attached hydrogen (secondary N) is 1. The van der Waals surface area contributed by atoms with E-state index in [1.807, 2.05) is 30.3 Å². The Kier molecular flexibility index (Phi) is 5.71. The van der Waals surface area contributed by atoms with E-state index in [0.717, 1.165) is 5.56 Å². The van der Waals surface area contributed by atoms with Crippen molar-refractivity contribution in [1.29, 1.82) is 0 Å². The van der Waals surface area contributed by atoms with E-state index in [1.54, 1.807) is 6.07 Å². The van der Waals surface area contributed by atoms with Crippen LogP contribution in [-0.4, -0.2) is 24.3 Å². The maximum atomic E-state index is 11.8. The van der Waals surface area contributed by atoms with Crippen LogP contribution >= 0.6 is 0 Å². The monoisotopic (exact) mass is 315 g/mol. The summed E-state index contributed by atoms with van der Waals surface area (Å²) in [5, 5.41) is 11.6. The van der Waals surface area contributed by atoms with Gasteiger partial charge in [-0.05, 0) is 29.3 Å². The van der Waals surface area contributed by atoms with Crippen molar-refractivity contribution in [2.75, 3.05) is 12.4 Å². The van der Waals surface area contributed by atoms with Crippen molar-refractivity contribution >= 4 is 17.7 Å². The maximum Gasteiger partial charge on any atom is 0.411 e.